The lowest BCUT2D eigenvalue weighted by Gasteiger charge is -2.03. The Morgan fingerprint density at radius 3 is 2.81 bits per heavy atom. The van der Waals surface area contributed by atoms with Gasteiger partial charge in [-0.2, -0.15) is 0 Å². The summed E-state index contributed by atoms with van der Waals surface area (Å²) in [4.78, 5) is 13.6. The number of carbonyl (C=O) groups is 1. The third-order valence-corrected chi connectivity index (χ3v) is 3.10. The SMILES string of the molecule is C/C=C(\C=C/N)CNC(=O)c1ccc(C)s1. The van der Waals surface area contributed by atoms with Gasteiger partial charge in [0.1, 0.15) is 0 Å². The fraction of sp³-hybridized carbons (Fsp3) is 0.250. The molecule has 1 heterocycles. The van der Waals surface area contributed by atoms with Crippen LogP contribution < -0.4 is 11.1 Å². The van der Waals surface area contributed by atoms with Crippen molar-refractivity contribution in [2.75, 3.05) is 6.54 Å². The molecule has 0 atom stereocenters. The van der Waals surface area contributed by atoms with Crippen molar-refractivity contribution in [2.24, 2.45) is 5.73 Å². The molecule has 3 nitrogen and oxygen atoms in total. The average molecular weight is 236 g/mol. The zero-order chi connectivity index (χ0) is 12.0. The van der Waals surface area contributed by atoms with E-state index in [1.807, 2.05) is 32.1 Å². The minimum absolute atomic E-state index is 0.0390. The summed E-state index contributed by atoms with van der Waals surface area (Å²) in [7, 11) is 0. The highest BCUT2D eigenvalue weighted by atomic mass is 32.1. The van der Waals surface area contributed by atoms with E-state index in [-0.39, 0.29) is 5.91 Å². The number of rotatable bonds is 4. The summed E-state index contributed by atoms with van der Waals surface area (Å²) in [5, 5.41) is 2.84. The number of hydrogen-bond acceptors (Lipinski definition) is 3. The number of amides is 1. The van der Waals surface area contributed by atoms with Crippen LogP contribution in [0, 0.1) is 6.92 Å². The highest BCUT2D eigenvalue weighted by Gasteiger charge is 2.06. The number of hydrogen-bond donors (Lipinski definition) is 2. The molecule has 0 saturated heterocycles. The molecule has 0 radical (unpaired) electrons. The Balaban J connectivity index is 2.53. The molecule has 0 aliphatic carbocycles. The Morgan fingerprint density at radius 1 is 1.56 bits per heavy atom. The molecule has 0 aliphatic heterocycles. The summed E-state index contributed by atoms with van der Waals surface area (Å²) in [6.07, 6.45) is 5.17. The maximum Gasteiger partial charge on any atom is 0.261 e. The van der Waals surface area contributed by atoms with Gasteiger partial charge in [0.25, 0.3) is 5.91 Å². The van der Waals surface area contributed by atoms with Crippen molar-refractivity contribution in [3.63, 3.8) is 0 Å². The molecule has 1 aromatic rings. The summed E-state index contributed by atoms with van der Waals surface area (Å²) < 4.78 is 0. The molecule has 3 N–H and O–H groups in total. The number of aryl methyl sites for hydroxylation is 1. The minimum Gasteiger partial charge on any atom is -0.405 e. The highest BCUT2D eigenvalue weighted by Crippen LogP contribution is 2.14. The van der Waals surface area contributed by atoms with Crippen molar-refractivity contribution < 1.29 is 4.79 Å². The molecule has 86 valence electrons. The van der Waals surface area contributed by atoms with Gasteiger partial charge in [-0.1, -0.05) is 6.08 Å². The first kappa shape index (κ1) is 12.5. The summed E-state index contributed by atoms with van der Waals surface area (Å²) in [5.74, 6) is -0.0390. The van der Waals surface area contributed by atoms with Crippen molar-refractivity contribution in [1.29, 1.82) is 0 Å². The van der Waals surface area contributed by atoms with Crippen LogP contribution in [-0.2, 0) is 0 Å². The molecule has 0 unspecified atom stereocenters. The first-order valence-corrected chi connectivity index (χ1v) is 5.87. The summed E-state index contributed by atoms with van der Waals surface area (Å²) in [6.45, 7) is 4.40. The van der Waals surface area contributed by atoms with E-state index in [0.29, 0.717) is 6.54 Å². The third-order valence-electron chi connectivity index (χ3n) is 2.10. The van der Waals surface area contributed by atoms with Crippen molar-refractivity contribution in [2.45, 2.75) is 13.8 Å². The Morgan fingerprint density at radius 2 is 2.31 bits per heavy atom. The second kappa shape index (κ2) is 6.12. The van der Waals surface area contributed by atoms with E-state index >= 15 is 0 Å². The van der Waals surface area contributed by atoms with Gasteiger partial charge in [-0.3, -0.25) is 4.79 Å². The van der Waals surface area contributed by atoms with E-state index in [0.717, 1.165) is 15.3 Å². The molecule has 4 heteroatoms. The molecule has 0 aromatic carbocycles. The van der Waals surface area contributed by atoms with E-state index in [2.05, 4.69) is 5.32 Å². The lowest BCUT2D eigenvalue weighted by atomic mass is 10.2. The van der Waals surface area contributed by atoms with Gasteiger partial charge < -0.3 is 11.1 Å². The van der Waals surface area contributed by atoms with Crippen molar-refractivity contribution in [1.82, 2.24) is 5.32 Å². The molecule has 0 fully saturated rings. The van der Waals surface area contributed by atoms with Crippen LogP contribution in [0.25, 0.3) is 0 Å². The van der Waals surface area contributed by atoms with Crippen LogP contribution in [0.2, 0.25) is 0 Å². The van der Waals surface area contributed by atoms with Gasteiger partial charge in [-0.25, -0.2) is 0 Å². The Kier molecular flexibility index (Phi) is 4.79. The maximum absolute atomic E-state index is 11.7. The van der Waals surface area contributed by atoms with Gasteiger partial charge in [0.2, 0.25) is 0 Å². The van der Waals surface area contributed by atoms with Crippen LogP contribution in [0.1, 0.15) is 21.5 Å². The second-order valence-electron chi connectivity index (χ2n) is 3.32. The topological polar surface area (TPSA) is 55.1 Å². The van der Waals surface area contributed by atoms with E-state index in [1.54, 1.807) is 6.08 Å². The van der Waals surface area contributed by atoms with Crippen LogP contribution in [0.4, 0.5) is 0 Å². The van der Waals surface area contributed by atoms with Crippen LogP contribution in [-0.4, -0.2) is 12.5 Å². The molecular formula is C12H16N2OS. The number of nitrogens with one attached hydrogen (secondary N) is 1. The fourth-order valence-corrected chi connectivity index (χ4v) is 1.99. The zero-order valence-corrected chi connectivity index (χ0v) is 10.3. The van der Waals surface area contributed by atoms with Crippen molar-refractivity contribution in [3.05, 3.63) is 45.8 Å². The van der Waals surface area contributed by atoms with Gasteiger partial charge >= 0.3 is 0 Å². The molecule has 1 rings (SSSR count). The van der Waals surface area contributed by atoms with E-state index < -0.39 is 0 Å². The third kappa shape index (κ3) is 3.55. The predicted molar refractivity (Wildman–Crippen MR) is 68.5 cm³/mol. The van der Waals surface area contributed by atoms with Gasteiger partial charge in [0, 0.05) is 11.4 Å². The normalized spacial score (nSPS) is 12.0. The highest BCUT2D eigenvalue weighted by molar-refractivity contribution is 7.13. The largest absolute Gasteiger partial charge is 0.405 e. The van der Waals surface area contributed by atoms with Gasteiger partial charge in [0.15, 0.2) is 0 Å². The Hall–Kier alpha value is -1.55. The Bertz CT molecular complexity index is 418. The van der Waals surface area contributed by atoms with Crippen LogP contribution in [0.15, 0.2) is 36.1 Å². The van der Waals surface area contributed by atoms with E-state index in [9.17, 15) is 4.79 Å². The predicted octanol–water partition coefficient (Wildman–Crippen LogP) is 2.21. The van der Waals surface area contributed by atoms with Gasteiger partial charge in [-0.15, -0.1) is 11.3 Å². The minimum atomic E-state index is -0.0390. The summed E-state index contributed by atoms with van der Waals surface area (Å²) in [5.41, 5.74) is 6.28. The first-order valence-electron chi connectivity index (χ1n) is 5.05. The summed E-state index contributed by atoms with van der Waals surface area (Å²) in [6, 6.07) is 3.78. The number of nitrogens with two attached hydrogens (primary N) is 1. The number of allylic oxidation sites excluding steroid dienone is 1. The molecular weight excluding hydrogens is 220 g/mol. The molecule has 0 bridgehead atoms. The smallest absolute Gasteiger partial charge is 0.261 e. The van der Waals surface area contributed by atoms with E-state index in [1.165, 1.54) is 17.5 Å². The van der Waals surface area contributed by atoms with Crippen molar-refractivity contribution >= 4 is 17.2 Å². The molecule has 0 spiro atoms. The fourth-order valence-electron chi connectivity index (χ4n) is 1.21. The Labute approximate surface area is 99.7 Å². The van der Waals surface area contributed by atoms with Crippen LogP contribution in [0.5, 0.6) is 0 Å². The van der Waals surface area contributed by atoms with Crippen LogP contribution >= 0.6 is 11.3 Å². The molecule has 16 heavy (non-hydrogen) atoms. The molecule has 1 amide bonds. The lowest BCUT2D eigenvalue weighted by molar-refractivity contribution is 0.0961. The molecule has 0 saturated carbocycles. The summed E-state index contributed by atoms with van der Waals surface area (Å²) >= 11 is 1.49. The van der Waals surface area contributed by atoms with Gasteiger partial charge in [0.05, 0.1) is 4.88 Å². The molecule has 1 aromatic heterocycles. The van der Waals surface area contributed by atoms with E-state index in [4.69, 9.17) is 5.73 Å². The number of carbonyl (C=O) groups excluding carboxylic acids is 1. The van der Waals surface area contributed by atoms with Crippen molar-refractivity contribution in [3.8, 4) is 0 Å². The first-order chi connectivity index (χ1) is 7.67. The lowest BCUT2D eigenvalue weighted by Crippen LogP contribution is -2.24. The standard InChI is InChI=1S/C12H16N2OS/c1-3-10(6-7-13)8-14-12(15)11-5-4-9(2)16-11/h3-7H,8,13H2,1-2H3,(H,14,15)/b7-6-,10-3+. The number of thiophene rings is 1. The van der Waals surface area contributed by atoms with Gasteiger partial charge in [-0.05, 0) is 43.8 Å². The zero-order valence-electron chi connectivity index (χ0n) is 9.49. The quantitative estimate of drug-likeness (QED) is 0.787. The molecule has 0 aliphatic rings. The monoisotopic (exact) mass is 236 g/mol. The van der Waals surface area contributed by atoms with Crippen LogP contribution in [0.3, 0.4) is 0 Å². The maximum atomic E-state index is 11.7. The second-order valence-corrected chi connectivity index (χ2v) is 4.60. The average Bonchev–Trinajstić information content (AvgIpc) is 2.70.